The fourth-order valence-electron chi connectivity index (χ4n) is 3.64. The molecule has 2 heterocycles. The van der Waals surface area contributed by atoms with E-state index < -0.39 is 0 Å². The maximum absolute atomic E-state index is 6.12. The summed E-state index contributed by atoms with van der Waals surface area (Å²) in [6.07, 6.45) is 4.20. The van der Waals surface area contributed by atoms with Gasteiger partial charge in [0.15, 0.2) is 5.82 Å². The smallest absolute Gasteiger partial charge is 0.220 e. The SMILES string of the molecule is Cc1cc(-c2cc(CCCCc3ccccc3)c3c(N)n[nH]c3c2)nc(N)n1. The number of anilines is 2. The first-order valence-electron chi connectivity index (χ1n) is 9.52. The molecule has 0 unspecified atom stereocenters. The largest absolute Gasteiger partial charge is 0.382 e. The molecule has 0 radical (unpaired) electrons. The van der Waals surface area contributed by atoms with Crippen LogP contribution in [0.5, 0.6) is 0 Å². The second-order valence-electron chi connectivity index (χ2n) is 7.11. The van der Waals surface area contributed by atoms with Crippen molar-refractivity contribution in [3.63, 3.8) is 0 Å². The highest BCUT2D eigenvalue weighted by atomic mass is 15.1. The third-order valence-corrected chi connectivity index (χ3v) is 4.94. The van der Waals surface area contributed by atoms with E-state index in [4.69, 9.17) is 11.5 Å². The maximum Gasteiger partial charge on any atom is 0.220 e. The lowest BCUT2D eigenvalue weighted by Crippen LogP contribution is -1.99. The van der Waals surface area contributed by atoms with Crippen molar-refractivity contribution in [3.05, 3.63) is 65.4 Å². The topological polar surface area (TPSA) is 106 Å². The third kappa shape index (κ3) is 3.81. The molecule has 0 fully saturated rings. The number of unbranched alkanes of at least 4 members (excludes halogenated alkanes) is 1. The summed E-state index contributed by atoms with van der Waals surface area (Å²) in [5.41, 5.74) is 18.1. The lowest BCUT2D eigenvalue weighted by Gasteiger charge is -2.09. The van der Waals surface area contributed by atoms with Gasteiger partial charge in [-0.25, -0.2) is 9.97 Å². The normalized spacial score (nSPS) is 11.2. The quantitative estimate of drug-likeness (QED) is 0.443. The van der Waals surface area contributed by atoms with Crippen LogP contribution in [0.25, 0.3) is 22.2 Å². The van der Waals surface area contributed by atoms with Crippen LogP contribution in [0.4, 0.5) is 11.8 Å². The zero-order valence-electron chi connectivity index (χ0n) is 15.9. The number of fused-ring (bicyclic) bond motifs is 1. The van der Waals surface area contributed by atoms with Crippen molar-refractivity contribution in [2.24, 2.45) is 0 Å². The number of nitrogens with one attached hydrogen (secondary N) is 1. The van der Waals surface area contributed by atoms with Gasteiger partial charge in [-0.2, -0.15) is 5.10 Å². The molecule has 5 N–H and O–H groups in total. The van der Waals surface area contributed by atoms with Crippen molar-refractivity contribution >= 4 is 22.7 Å². The predicted octanol–water partition coefficient (Wildman–Crippen LogP) is 4.06. The van der Waals surface area contributed by atoms with Crippen LogP contribution in [0.15, 0.2) is 48.5 Å². The first-order chi connectivity index (χ1) is 13.6. The van der Waals surface area contributed by atoms with E-state index in [-0.39, 0.29) is 5.95 Å². The predicted molar refractivity (Wildman–Crippen MR) is 114 cm³/mol. The monoisotopic (exact) mass is 372 g/mol. The molecule has 0 amide bonds. The summed E-state index contributed by atoms with van der Waals surface area (Å²) in [6, 6.07) is 16.7. The summed E-state index contributed by atoms with van der Waals surface area (Å²) in [4.78, 5) is 8.56. The molecule has 0 bridgehead atoms. The molecular formula is C22H24N6. The summed E-state index contributed by atoms with van der Waals surface area (Å²) < 4.78 is 0. The van der Waals surface area contributed by atoms with Gasteiger partial charge in [0.2, 0.25) is 5.95 Å². The molecule has 0 aliphatic carbocycles. The van der Waals surface area contributed by atoms with Gasteiger partial charge in [0.25, 0.3) is 0 Å². The van der Waals surface area contributed by atoms with Gasteiger partial charge in [0, 0.05) is 16.6 Å². The number of nitrogen functional groups attached to an aromatic ring is 2. The van der Waals surface area contributed by atoms with Gasteiger partial charge in [-0.3, -0.25) is 5.10 Å². The summed E-state index contributed by atoms with van der Waals surface area (Å²) >= 11 is 0. The fraction of sp³-hybridized carbons (Fsp3) is 0.227. The second kappa shape index (κ2) is 7.68. The molecule has 4 rings (SSSR count). The zero-order chi connectivity index (χ0) is 19.5. The van der Waals surface area contributed by atoms with Gasteiger partial charge >= 0.3 is 0 Å². The molecule has 28 heavy (non-hydrogen) atoms. The standard InChI is InChI=1S/C22H24N6/c1-14-11-18(26-22(24)25-14)17-12-16(20-19(13-17)27-28-21(20)23)10-6-5-9-15-7-3-2-4-8-15/h2-4,7-8,11-13H,5-6,9-10H2,1H3,(H3,23,27,28)(H2,24,25,26). The van der Waals surface area contributed by atoms with E-state index in [0.717, 1.165) is 53.5 Å². The van der Waals surface area contributed by atoms with Crippen LogP contribution < -0.4 is 11.5 Å². The Kier molecular flexibility index (Phi) is 4.93. The lowest BCUT2D eigenvalue weighted by atomic mass is 9.97. The van der Waals surface area contributed by atoms with Crippen molar-refractivity contribution in [2.45, 2.75) is 32.6 Å². The highest BCUT2D eigenvalue weighted by molar-refractivity contribution is 5.94. The first-order valence-corrected chi connectivity index (χ1v) is 9.52. The van der Waals surface area contributed by atoms with E-state index in [1.54, 1.807) is 0 Å². The Morgan fingerprint density at radius 2 is 1.71 bits per heavy atom. The number of aryl methyl sites for hydroxylation is 3. The third-order valence-electron chi connectivity index (χ3n) is 4.94. The number of nitrogens with zero attached hydrogens (tertiary/aromatic N) is 3. The Hall–Kier alpha value is -3.41. The molecule has 0 saturated carbocycles. The maximum atomic E-state index is 6.12. The van der Waals surface area contributed by atoms with Gasteiger partial charge in [0.05, 0.1) is 11.2 Å². The minimum Gasteiger partial charge on any atom is -0.382 e. The Morgan fingerprint density at radius 1 is 0.929 bits per heavy atom. The minimum atomic E-state index is 0.281. The molecule has 0 aliphatic rings. The van der Waals surface area contributed by atoms with Crippen molar-refractivity contribution in [1.29, 1.82) is 0 Å². The Balaban J connectivity index is 1.60. The zero-order valence-corrected chi connectivity index (χ0v) is 15.9. The summed E-state index contributed by atoms with van der Waals surface area (Å²) in [5.74, 6) is 0.821. The number of H-pyrrole nitrogens is 1. The van der Waals surface area contributed by atoms with Crippen molar-refractivity contribution < 1.29 is 0 Å². The lowest BCUT2D eigenvalue weighted by molar-refractivity contribution is 0.737. The summed E-state index contributed by atoms with van der Waals surface area (Å²) in [5, 5.41) is 8.23. The summed E-state index contributed by atoms with van der Waals surface area (Å²) in [6.45, 7) is 1.92. The van der Waals surface area contributed by atoms with Gasteiger partial charge in [-0.15, -0.1) is 0 Å². The molecule has 142 valence electrons. The van der Waals surface area contributed by atoms with E-state index >= 15 is 0 Å². The van der Waals surface area contributed by atoms with Gasteiger partial charge in [-0.05, 0) is 61.9 Å². The van der Waals surface area contributed by atoms with Crippen LogP contribution in [-0.4, -0.2) is 20.2 Å². The number of aromatic nitrogens is 4. The molecule has 2 aromatic carbocycles. The Bertz CT molecular complexity index is 1080. The Labute approximate surface area is 164 Å². The second-order valence-corrected chi connectivity index (χ2v) is 7.11. The van der Waals surface area contributed by atoms with Crippen molar-refractivity contribution in [3.8, 4) is 11.3 Å². The fourth-order valence-corrected chi connectivity index (χ4v) is 3.64. The molecular weight excluding hydrogens is 348 g/mol. The molecule has 4 aromatic rings. The van der Waals surface area contributed by atoms with E-state index in [9.17, 15) is 0 Å². The van der Waals surface area contributed by atoms with Crippen molar-refractivity contribution in [1.82, 2.24) is 20.2 Å². The average Bonchev–Trinajstić information content (AvgIpc) is 3.06. The van der Waals surface area contributed by atoms with Gasteiger partial charge in [0.1, 0.15) is 0 Å². The number of nitrogens with two attached hydrogens (primary N) is 2. The van der Waals surface area contributed by atoms with Crippen LogP contribution >= 0.6 is 0 Å². The van der Waals surface area contributed by atoms with Crippen LogP contribution in [0.2, 0.25) is 0 Å². The number of benzene rings is 2. The van der Waals surface area contributed by atoms with Crippen LogP contribution in [-0.2, 0) is 12.8 Å². The average molecular weight is 372 g/mol. The number of hydrogen-bond acceptors (Lipinski definition) is 5. The molecule has 0 aliphatic heterocycles. The molecule has 0 spiro atoms. The van der Waals surface area contributed by atoms with Gasteiger partial charge < -0.3 is 11.5 Å². The number of aromatic amines is 1. The summed E-state index contributed by atoms with van der Waals surface area (Å²) in [7, 11) is 0. The molecule has 2 aromatic heterocycles. The highest BCUT2D eigenvalue weighted by Crippen LogP contribution is 2.30. The van der Waals surface area contributed by atoms with Crippen LogP contribution in [0.3, 0.4) is 0 Å². The molecule has 0 saturated heterocycles. The number of hydrogen-bond donors (Lipinski definition) is 3. The van der Waals surface area contributed by atoms with Crippen LogP contribution in [0, 0.1) is 6.92 Å². The molecule has 0 atom stereocenters. The first kappa shape index (κ1) is 18.0. The highest BCUT2D eigenvalue weighted by Gasteiger charge is 2.13. The van der Waals surface area contributed by atoms with E-state index in [1.807, 2.05) is 19.1 Å². The van der Waals surface area contributed by atoms with Crippen LogP contribution in [0.1, 0.15) is 29.7 Å². The van der Waals surface area contributed by atoms with E-state index in [1.165, 1.54) is 11.1 Å². The van der Waals surface area contributed by atoms with E-state index in [0.29, 0.717) is 5.82 Å². The van der Waals surface area contributed by atoms with Gasteiger partial charge in [-0.1, -0.05) is 30.3 Å². The van der Waals surface area contributed by atoms with E-state index in [2.05, 4.69) is 56.6 Å². The Morgan fingerprint density at radius 3 is 2.50 bits per heavy atom. The molecule has 6 nitrogen and oxygen atoms in total. The molecule has 6 heteroatoms. The van der Waals surface area contributed by atoms with Crippen molar-refractivity contribution in [2.75, 3.05) is 11.5 Å². The number of rotatable bonds is 6. The minimum absolute atomic E-state index is 0.281.